The largest absolute Gasteiger partial charge is 0.264 e. The molecule has 0 spiro atoms. The molecule has 0 aliphatic heterocycles. The van der Waals surface area contributed by atoms with Crippen LogP contribution in [0.5, 0.6) is 0 Å². The lowest BCUT2D eigenvalue weighted by atomic mass is 10.2. The normalized spacial score (nSPS) is 11.8. The molecule has 0 N–H and O–H groups in total. The van der Waals surface area contributed by atoms with E-state index >= 15 is 0 Å². The molecule has 0 aromatic carbocycles. The maximum atomic E-state index is 4.52. The van der Waals surface area contributed by atoms with Crippen LogP contribution in [0.3, 0.4) is 0 Å². The Labute approximate surface area is 79.7 Å². The monoisotopic (exact) mass is 176 g/mol. The van der Waals surface area contributed by atoms with E-state index in [1.807, 2.05) is 12.3 Å². The Morgan fingerprint density at radius 2 is 2.23 bits per heavy atom. The van der Waals surface area contributed by atoms with Gasteiger partial charge in [0.2, 0.25) is 0 Å². The highest BCUT2D eigenvalue weighted by Gasteiger charge is 1.97. The Morgan fingerprint density at radius 3 is 2.85 bits per heavy atom. The van der Waals surface area contributed by atoms with Gasteiger partial charge in [-0.3, -0.25) is 9.98 Å². The molecule has 0 fully saturated rings. The minimum Gasteiger partial charge on any atom is -0.264 e. The van der Waals surface area contributed by atoms with Crippen molar-refractivity contribution < 1.29 is 0 Å². The molecule has 13 heavy (non-hydrogen) atoms. The molecule has 0 bridgehead atoms. The Bertz CT molecular complexity index is 303. The molecule has 2 nitrogen and oxygen atoms in total. The molecule has 2 heteroatoms. The van der Waals surface area contributed by atoms with Crippen molar-refractivity contribution in [2.24, 2.45) is 4.99 Å². The SMILES string of the molecule is CCC(C)=Nc1ccncc1CC. The van der Waals surface area contributed by atoms with Gasteiger partial charge in [0, 0.05) is 18.1 Å². The van der Waals surface area contributed by atoms with Gasteiger partial charge in [0.25, 0.3) is 0 Å². The summed E-state index contributed by atoms with van der Waals surface area (Å²) < 4.78 is 0. The van der Waals surface area contributed by atoms with Gasteiger partial charge in [0.15, 0.2) is 0 Å². The zero-order valence-corrected chi connectivity index (χ0v) is 8.54. The lowest BCUT2D eigenvalue weighted by Crippen LogP contribution is -1.89. The average molecular weight is 176 g/mol. The van der Waals surface area contributed by atoms with Crippen LogP contribution in [-0.4, -0.2) is 10.7 Å². The van der Waals surface area contributed by atoms with Crippen LogP contribution in [0.15, 0.2) is 23.5 Å². The molecule has 1 aromatic heterocycles. The van der Waals surface area contributed by atoms with Crippen LogP contribution in [0.1, 0.15) is 32.8 Å². The van der Waals surface area contributed by atoms with Crippen LogP contribution in [-0.2, 0) is 6.42 Å². The third-order valence-electron chi connectivity index (χ3n) is 2.08. The molecule has 0 unspecified atom stereocenters. The summed E-state index contributed by atoms with van der Waals surface area (Å²) in [6.45, 7) is 6.29. The van der Waals surface area contributed by atoms with Crippen molar-refractivity contribution >= 4 is 11.4 Å². The number of hydrogen-bond donors (Lipinski definition) is 0. The van der Waals surface area contributed by atoms with Crippen molar-refractivity contribution in [1.29, 1.82) is 0 Å². The number of nitrogens with zero attached hydrogens (tertiary/aromatic N) is 2. The highest BCUT2D eigenvalue weighted by atomic mass is 14.8. The standard InChI is InChI=1S/C11H16N2/c1-4-9(3)13-11-6-7-12-8-10(11)5-2/h6-8H,4-5H2,1-3H3. The Kier molecular flexibility index (Phi) is 3.62. The Hall–Kier alpha value is -1.18. The molecule has 0 saturated heterocycles. The maximum Gasteiger partial charge on any atom is 0.0691 e. The van der Waals surface area contributed by atoms with Crippen LogP contribution >= 0.6 is 0 Å². The summed E-state index contributed by atoms with van der Waals surface area (Å²) in [6, 6.07) is 1.97. The van der Waals surface area contributed by atoms with Gasteiger partial charge in [0.1, 0.15) is 0 Å². The highest BCUT2D eigenvalue weighted by Crippen LogP contribution is 2.18. The minimum atomic E-state index is 0.990. The van der Waals surface area contributed by atoms with Gasteiger partial charge in [-0.05, 0) is 31.4 Å². The fourth-order valence-corrected chi connectivity index (χ4v) is 1.09. The highest BCUT2D eigenvalue weighted by molar-refractivity contribution is 5.84. The molecule has 0 saturated carbocycles. The lowest BCUT2D eigenvalue weighted by Gasteiger charge is -2.02. The van der Waals surface area contributed by atoms with E-state index in [0.717, 1.165) is 18.5 Å². The number of aryl methyl sites for hydroxylation is 1. The van der Waals surface area contributed by atoms with E-state index in [0.29, 0.717) is 0 Å². The smallest absolute Gasteiger partial charge is 0.0691 e. The second-order valence-electron chi connectivity index (χ2n) is 3.06. The average Bonchev–Trinajstić information content (AvgIpc) is 2.18. The summed E-state index contributed by atoms with van der Waals surface area (Å²) in [4.78, 5) is 8.60. The van der Waals surface area contributed by atoms with Crippen molar-refractivity contribution in [3.05, 3.63) is 24.0 Å². The fourth-order valence-electron chi connectivity index (χ4n) is 1.09. The minimum absolute atomic E-state index is 0.990. The zero-order valence-electron chi connectivity index (χ0n) is 8.54. The van der Waals surface area contributed by atoms with E-state index in [1.54, 1.807) is 6.20 Å². The van der Waals surface area contributed by atoms with Crippen molar-refractivity contribution in [1.82, 2.24) is 4.98 Å². The van der Waals surface area contributed by atoms with Gasteiger partial charge < -0.3 is 0 Å². The molecule has 0 amide bonds. The van der Waals surface area contributed by atoms with Gasteiger partial charge in [-0.1, -0.05) is 13.8 Å². The third-order valence-corrected chi connectivity index (χ3v) is 2.08. The predicted molar refractivity (Wildman–Crippen MR) is 56.7 cm³/mol. The predicted octanol–water partition coefficient (Wildman–Crippen LogP) is 3.15. The van der Waals surface area contributed by atoms with Gasteiger partial charge in [0.05, 0.1) is 5.69 Å². The summed E-state index contributed by atoms with van der Waals surface area (Å²) in [7, 11) is 0. The Morgan fingerprint density at radius 1 is 1.46 bits per heavy atom. The van der Waals surface area contributed by atoms with E-state index < -0.39 is 0 Å². The van der Waals surface area contributed by atoms with Crippen LogP contribution in [0.4, 0.5) is 5.69 Å². The molecule has 1 heterocycles. The van der Waals surface area contributed by atoms with E-state index in [-0.39, 0.29) is 0 Å². The zero-order chi connectivity index (χ0) is 9.68. The third kappa shape index (κ3) is 2.65. The summed E-state index contributed by atoms with van der Waals surface area (Å²) in [5.41, 5.74) is 3.45. The van der Waals surface area contributed by atoms with Crippen LogP contribution in [0, 0.1) is 0 Å². The first kappa shape index (κ1) is 9.90. The lowest BCUT2D eigenvalue weighted by molar-refractivity contribution is 1.09. The number of pyridine rings is 1. The van der Waals surface area contributed by atoms with Crippen LogP contribution < -0.4 is 0 Å². The van der Waals surface area contributed by atoms with Gasteiger partial charge >= 0.3 is 0 Å². The van der Waals surface area contributed by atoms with Crippen molar-refractivity contribution in [2.75, 3.05) is 0 Å². The molecule has 1 rings (SSSR count). The molecule has 70 valence electrons. The van der Waals surface area contributed by atoms with Crippen molar-refractivity contribution in [2.45, 2.75) is 33.6 Å². The molecule has 0 aliphatic rings. The molecule has 0 aliphatic carbocycles. The molecule has 0 radical (unpaired) electrons. The van der Waals surface area contributed by atoms with E-state index in [9.17, 15) is 0 Å². The summed E-state index contributed by atoms with van der Waals surface area (Å²) in [5.74, 6) is 0. The van der Waals surface area contributed by atoms with Crippen molar-refractivity contribution in [3.8, 4) is 0 Å². The van der Waals surface area contributed by atoms with E-state index in [2.05, 4.69) is 30.7 Å². The van der Waals surface area contributed by atoms with Crippen LogP contribution in [0.25, 0.3) is 0 Å². The number of aliphatic imine (C=N–C) groups is 1. The van der Waals surface area contributed by atoms with Crippen molar-refractivity contribution in [3.63, 3.8) is 0 Å². The summed E-state index contributed by atoms with van der Waals surface area (Å²) in [6.07, 6.45) is 5.68. The fraction of sp³-hybridized carbons (Fsp3) is 0.455. The van der Waals surface area contributed by atoms with Gasteiger partial charge in [-0.25, -0.2) is 0 Å². The second-order valence-corrected chi connectivity index (χ2v) is 3.06. The first-order valence-corrected chi connectivity index (χ1v) is 4.75. The number of rotatable bonds is 3. The first-order valence-electron chi connectivity index (χ1n) is 4.75. The molecule has 0 atom stereocenters. The summed E-state index contributed by atoms with van der Waals surface area (Å²) >= 11 is 0. The molecular formula is C11H16N2. The van der Waals surface area contributed by atoms with Gasteiger partial charge in [-0.15, -0.1) is 0 Å². The molecular weight excluding hydrogens is 160 g/mol. The second kappa shape index (κ2) is 4.75. The quantitative estimate of drug-likeness (QED) is 0.649. The first-order chi connectivity index (χ1) is 6.27. The number of hydrogen-bond acceptors (Lipinski definition) is 2. The maximum absolute atomic E-state index is 4.52. The topological polar surface area (TPSA) is 25.2 Å². The molecule has 1 aromatic rings. The van der Waals surface area contributed by atoms with Gasteiger partial charge in [-0.2, -0.15) is 0 Å². The Balaban J connectivity index is 2.99. The van der Waals surface area contributed by atoms with E-state index in [4.69, 9.17) is 0 Å². The summed E-state index contributed by atoms with van der Waals surface area (Å²) in [5, 5.41) is 0. The van der Waals surface area contributed by atoms with E-state index in [1.165, 1.54) is 11.3 Å². The van der Waals surface area contributed by atoms with Crippen LogP contribution in [0.2, 0.25) is 0 Å². The number of aromatic nitrogens is 1.